The van der Waals surface area contributed by atoms with Gasteiger partial charge in [-0.1, -0.05) is 64.2 Å². The lowest BCUT2D eigenvalue weighted by molar-refractivity contribution is 0.185. The molecular formula is C25H42O3Si2. The monoisotopic (exact) mass is 446 g/mol. The van der Waals surface area contributed by atoms with Crippen LogP contribution < -0.4 is 4.74 Å². The fraction of sp³-hybridized carbons (Fsp3) is 0.600. The number of benzene rings is 1. The van der Waals surface area contributed by atoms with Gasteiger partial charge in [-0.2, -0.15) is 0 Å². The number of fused-ring (bicyclic) bond motifs is 1. The Morgan fingerprint density at radius 3 is 2.10 bits per heavy atom. The minimum Gasteiger partial charge on any atom is -0.496 e. The summed E-state index contributed by atoms with van der Waals surface area (Å²) in [7, 11) is -0.0609. The summed E-state index contributed by atoms with van der Waals surface area (Å²) in [5, 5.41) is 1.57. The van der Waals surface area contributed by atoms with Gasteiger partial charge in [-0.05, 0) is 54.7 Å². The highest BCUT2D eigenvalue weighted by Crippen LogP contribution is 2.45. The molecule has 1 aromatic rings. The molecule has 0 spiro atoms. The van der Waals surface area contributed by atoms with Crippen LogP contribution in [0.4, 0.5) is 0 Å². The second kappa shape index (κ2) is 9.05. The molecule has 30 heavy (non-hydrogen) atoms. The Kier molecular flexibility index (Phi) is 7.53. The van der Waals surface area contributed by atoms with Gasteiger partial charge in [0.2, 0.25) is 0 Å². The fourth-order valence-electron chi connectivity index (χ4n) is 3.72. The van der Waals surface area contributed by atoms with Crippen LogP contribution in [0.15, 0.2) is 35.0 Å². The van der Waals surface area contributed by atoms with Crippen molar-refractivity contribution in [2.75, 3.05) is 14.2 Å². The number of ether oxygens (including phenoxy) is 2. The molecule has 1 aliphatic carbocycles. The molecule has 3 nitrogen and oxygen atoms in total. The van der Waals surface area contributed by atoms with Gasteiger partial charge in [0.1, 0.15) is 11.5 Å². The van der Waals surface area contributed by atoms with E-state index in [-0.39, 0.29) is 11.1 Å². The molecule has 1 atom stereocenters. The maximum Gasteiger partial charge on any atom is 0.192 e. The highest BCUT2D eigenvalue weighted by molar-refractivity contribution is 6.84. The number of allylic oxidation sites excluding steroid dienone is 2. The molecule has 0 saturated carbocycles. The molecule has 0 radical (unpaired) electrons. The molecule has 1 aliphatic rings. The predicted molar refractivity (Wildman–Crippen MR) is 134 cm³/mol. The molecule has 168 valence electrons. The SMILES string of the molecule is CO/C1=C(\[Si](C)(C)C)C/C(C)=C\CC(O[Si](C)(C)C(C)(C)C)c2cccc(OC)c21. The van der Waals surface area contributed by atoms with Gasteiger partial charge in [0, 0.05) is 0 Å². The topological polar surface area (TPSA) is 27.7 Å². The van der Waals surface area contributed by atoms with E-state index in [0.717, 1.165) is 29.9 Å². The Morgan fingerprint density at radius 1 is 0.967 bits per heavy atom. The Balaban J connectivity index is 2.82. The van der Waals surface area contributed by atoms with Gasteiger partial charge in [-0.25, -0.2) is 0 Å². The van der Waals surface area contributed by atoms with Crippen molar-refractivity contribution in [1.82, 2.24) is 0 Å². The minimum atomic E-state index is -1.97. The standard InChI is InChI=1S/C25H42O3Si2/c1-18-15-16-20(28-30(10,11)25(2,3)4)19-13-12-14-21(26-5)23(19)24(27-6)22(17-18)29(7,8)9/h12-15,20H,16-17H2,1-11H3/b18-15-,24-22-. The van der Waals surface area contributed by atoms with Crippen molar-refractivity contribution >= 4 is 22.2 Å². The van der Waals surface area contributed by atoms with Gasteiger partial charge in [0.05, 0.1) is 34.0 Å². The molecular weight excluding hydrogens is 404 g/mol. The van der Waals surface area contributed by atoms with E-state index in [1.54, 1.807) is 14.2 Å². The smallest absolute Gasteiger partial charge is 0.192 e. The summed E-state index contributed by atoms with van der Waals surface area (Å²) in [5.74, 6) is 1.85. The van der Waals surface area contributed by atoms with Crippen LogP contribution in [0, 0.1) is 0 Å². The van der Waals surface area contributed by atoms with Crippen LogP contribution >= 0.6 is 0 Å². The molecule has 5 heteroatoms. The summed E-state index contributed by atoms with van der Waals surface area (Å²) < 4.78 is 19.0. The molecule has 0 bridgehead atoms. The van der Waals surface area contributed by atoms with Crippen molar-refractivity contribution in [3.8, 4) is 5.75 Å². The molecule has 0 heterocycles. The van der Waals surface area contributed by atoms with Crippen LogP contribution in [0.1, 0.15) is 57.8 Å². The van der Waals surface area contributed by atoms with Crippen LogP contribution in [0.5, 0.6) is 5.75 Å². The predicted octanol–water partition coefficient (Wildman–Crippen LogP) is 7.73. The van der Waals surface area contributed by atoms with E-state index in [1.807, 2.05) is 6.07 Å². The maximum atomic E-state index is 6.99. The summed E-state index contributed by atoms with van der Waals surface area (Å²) in [6.45, 7) is 21.0. The third-order valence-corrected chi connectivity index (χ3v) is 13.3. The normalized spacial score (nSPS) is 22.9. The summed E-state index contributed by atoms with van der Waals surface area (Å²) >= 11 is 0. The maximum absolute atomic E-state index is 6.99. The number of hydrogen-bond acceptors (Lipinski definition) is 3. The molecule has 1 aromatic carbocycles. The van der Waals surface area contributed by atoms with Crippen molar-refractivity contribution in [2.45, 2.75) is 84.4 Å². The third-order valence-electron chi connectivity index (χ3n) is 6.61. The van der Waals surface area contributed by atoms with Crippen molar-refractivity contribution < 1.29 is 13.9 Å². The van der Waals surface area contributed by atoms with Crippen LogP contribution in [-0.2, 0) is 9.16 Å². The Morgan fingerprint density at radius 2 is 1.60 bits per heavy atom. The molecule has 0 aromatic heterocycles. The van der Waals surface area contributed by atoms with Crippen molar-refractivity contribution in [3.05, 3.63) is 46.2 Å². The van der Waals surface area contributed by atoms with Gasteiger partial charge in [0.15, 0.2) is 8.32 Å². The van der Waals surface area contributed by atoms with E-state index in [0.29, 0.717) is 0 Å². The second-order valence-corrected chi connectivity index (χ2v) is 20.9. The summed E-state index contributed by atoms with van der Waals surface area (Å²) in [4.78, 5) is 0. The van der Waals surface area contributed by atoms with Gasteiger partial charge >= 0.3 is 0 Å². The molecule has 0 fully saturated rings. The Hall–Kier alpha value is -1.31. The zero-order valence-corrected chi connectivity index (χ0v) is 23.0. The first-order chi connectivity index (χ1) is 13.7. The summed E-state index contributed by atoms with van der Waals surface area (Å²) in [6, 6.07) is 6.32. The lowest BCUT2D eigenvalue weighted by Gasteiger charge is -2.39. The first kappa shape index (κ1) is 25.0. The summed E-state index contributed by atoms with van der Waals surface area (Å²) in [5.41, 5.74) is 3.64. The average molecular weight is 447 g/mol. The minimum absolute atomic E-state index is 0.0166. The number of rotatable bonds is 5. The molecule has 0 aliphatic heterocycles. The first-order valence-corrected chi connectivity index (χ1v) is 17.4. The second-order valence-electron chi connectivity index (χ2n) is 11.0. The zero-order valence-electron chi connectivity index (χ0n) is 21.0. The van der Waals surface area contributed by atoms with Crippen molar-refractivity contribution in [3.63, 3.8) is 0 Å². The van der Waals surface area contributed by atoms with Gasteiger partial charge in [0.25, 0.3) is 0 Å². The molecule has 0 N–H and O–H groups in total. The fourth-order valence-corrected chi connectivity index (χ4v) is 6.73. The Labute approximate surface area is 186 Å². The van der Waals surface area contributed by atoms with Gasteiger partial charge < -0.3 is 13.9 Å². The zero-order chi connectivity index (χ0) is 22.9. The lowest BCUT2D eigenvalue weighted by atomic mass is 9.98. The van der Waals surface area contributed by atoms with Gasteiger partial charge in [-0.3, -0.25) is 0 Å². The number of methoxy groups -OCH3 is 2. The van der Waals surface area contributed by atoms with E-state index in [9.17, 15) is 0 Å². The van der Waals surface area contributed by atoms with Gasteiger partial charge in [-0.15, -0.1) is 0 Å². The number of hydrogen-bond donors (Lipinski definition) is 0. The quantitative estimate of drug-likeness (QED) is 0.342. The van der Waals surface area contributed by atoms with Crippen LogP contribution in [-0.4, -0.2) is 30.6 Å². The summed E-state index contributed by atoms with van der Waals surface area (Å²) in [6.07, 6.45) is 4.18. The van der Waals surface area contributed by atoms with E-state index < -0.39 is 16.4 Å². The lowest BCUT2D eigenvalue weighted by Crippen LogP contribution is -2.42. The first-order valence-electron chi connectivity index (χ1n) is 11.0. The van der Waals surface area contributed by atoms with Crippen molar-refractivity contribution in [1.29, 1.82) is 0 Å². The van der Waals surface area contributed by atoms with Crippen LogP contribution in [0.25, 0.3) is 5.76 Å². The highest BCUT2D eigenvalue weighted by atomic mass is 28.4. The van der Waals surface area contributed by atoms with E-state index in [1.165, 1.54) is 16.3 Å². The molecule has 2 rings (SSSR count). The van der Waals surface area contributed by atoms with Crippen LogP contribution in [0.3, 0.4) is 0 Å². The third kappa shape index (κ3) is 5.29. The molecule has 0 amide bonds. The van der Waals surface area contributed by atoms with E-state index >= 15 is 0 Å². The highest BCUT2D eigenvalue weighted by Gasteiger charge is 2.40. The van der Waals surface area contributed by atoms with Crippen LogP contribution in [0.2, 0.25) is 37.8 Å². The largest absolute Gasteiger partial charge is 0.496 e. The van der Waals surface area contributed by atoms with E-state index in [2.05, 4.69) is 78.6 Å². The Bertz CT molecular complexity index is 824. The average Bonchev–Trinajstić information content (AvgIpc) is 2.68. The molecule has 1 unspecified atom stereocenters. The van der Waals surface area contributed by atoms with E-state index in [4.69, 9.17) is 13.9 Å². The van der Waals surface area contributed by atoms with Crippen molar-refractivity contribution in [2.24, 2.45) is 0 Å². The molecule has 0 saturated heterocycles.